The lowest BCUT2D eigenvalue weighted by atomic mass is 10.2. The molecule has 7 nitrogen and oxygen atoms in total. The fraction of sp³-hybridized carbons (Fsp3) is 0.150. The predicted octanol–water partition coefficient (Wildman–Crippen LogP) is 10.2. The van der Waals surface area contributed by atoms with Crippen molar-refractivity contribution in [2.24, 2.45) is 0 Å². The van der Waals surface area contributed by atoms with Crippen LogP contribution in [0, 0.1) is 23.7 Å². The predicted molar refractivity (Wildman–Crippen MR) is 198 cm³/mol. The van der Waals surface area contributed by atoms with Gasteiger partial charge in [-0.25, -0.2) is 9.59 Å². The second-order valence-electron chi connectivity index (χ2n) is 8.77. The van der Waals surface area contributed by atoms with Crippen LogP contribution in [0.5, 0.6) is 0 Å². The van der Waals surface area contributed by atoms with Crippen LogP contribution in [0.15, 0.2) is 121 Å². The fourth-order valence-electron chi connectivity index (χ4n) is 3.82. The first-order valence-electron chi connectivity index (χ1n) is 15.8. The Bertz CT molecular complexity index is 1660. The van der Waals surface area contributed by atoms with Crippen molar-refractivity contribution in [2.45, 2.75) is 41.5 Å². The third-order valence-electron chi connectivity index (χ3n) is 5.76. The number of carbonyl (C=O) groups excluding carboxylic acids is 2. The van der Waals surface area contributed by atoms with Crippen molar-refractivity contribution in [2.75, 3.05) is 21.3 Å². The molecule has 0 saturated heterocycles. The van der Waals surface area contributed by atoms with E-state index >= 15 is 0 Å². The smallest absolute Gasteiger partial charge is 0.323 e. The molecule has 0 aliphatic heterocycles. The van der Waals surface area contributed by atoms with E-state index in [-0.39, 0.29) is 12.1 Å². The summed E-state index contributed by atoms with van der Waals surface area (Å²) in [4.78, 5) is 28.1. The largest absolute Gasteiger partial charge is 0.342 e. The molecule has 0 bridgehead atoms. The first kappa shape index (κ1) is 37.0. The average Bonchev–Trinajstić information content (AvgIpc) is 3.59. The molecule has 0 unspecified atom stereocenters. The van der Waals surface area contributed by atoms with Gasteiger partial charge in [-0.2, -0.15) is 0 Å². The van der Waals surface area contributed by atoms with E-state index in [0.717, 1.165) is 0 Å². The topological polar surface area (TPSA) is 98.1 Å². The van der Waals surface area contributed by atoms with Crippen molar-refractivity contribution in [1.29, 1.82) is 0 Å². The minimum Gasteiger partial charge on any atom is -0.342 e. The lowest BCUT2D eigenvalue weighted by Gasteiger charge is -2.09. The molecule has 5 N–H and O–H groups in total. The molecule has 0 saturated carbocycles. The van der Waals surface area contributed by atoms with E-state index in [0.29, 0.717) is 45.3 Å². The number of aromatic amines is 1. The van der Waals surface area contributed by atoms with Gasteiger partial charge in [-0.15, -0.1) is 0 Å². The second kappa shape index (κ2) is 21.5. The molecule has 0 aliphatic carbocycles. The van der Waals surface area contributed by atoms with Crippen LogP contribution < -0.4 is 21.3 Å². The van der Waals surface area contributed by atoms with E-state index in [9.17, 15) is 9.59 Å². The summed E-state index contributed by atoms with van der Waals surface area (Å²) in [6.07, 6.45) is 0. The van der Waals surface area contributed by atoms with Gasteiger partial charge in [0.2, 0.25) is 0 Å². The highest BCUT2D eigenvalue weighted by Crippen LogP contribution is 2.17. The van der Waals surface area contributed by atoms with Crippen LogP contribution in [0.2, 0.25) is 0 Å². The molecular formula is C40H43N5O2. The zero-order valence-electron chi connectivity index (χ0n) is 27.9. The third-order valence-corrected chi connectivity index (χ3v) is 5.76. The van der Waals surface area contributed by atoms with Crippen LogP contribution in [0.4, 0.5) is 32.3 Å². The second-order valence-corrected chi connectivity index (χ2v) is 8.77. The Labute approximate surface area is 279 Å². The van der Waals surface area contributed by atoms with Crippen molar-refractivity contribution < 1.29 is 9.59 Å². The zero-order chi connectivity index (χ0) is 34.3. The van der Waals surface area contributed by atoms with Gasteiger partial charge < -0.3 is 26.3 Å². The number of benzene rings is 4. The van der Waals surface area contributed by atoms with Crippen LogP contribution in [-0.4, -0.2) is 17.0 Å². The van der Waals surface area contributed by atoms with Gasteiger partial charge in [-0.1, -0.05) is 114 Å². The van der Waals surface area contributed by atoms with Crippen LogP contribution in [-0.2, 0) is 0 Å². The Balaban J connectivity index is 0.00000121. The SMILES string of the molecule is CC.CC.CC.O=C(Nc1ccccc1)Nc1ccccc1C#Cc1ccc(C#Cc2ccccc2NC(=O)Nc2ccccc2)[nH]1. The van der Waals surface area contributed by atoms with Crippen molar-refractivity contribution >= 4 is 34.8 Å². The Hall–Kier alpha value is -6.18. The van der Waals surface area contributed by atoms with Gasteiger partial charge in [0.05, 0.1) is 22.8 Å². The van der Waals surface area contributed by atoms with Gasteiger partial charge in [-0.05, 0) is 72.5 Å². The molecule has 4 amide bonds. The Morgan fingerprint density at radius 3 is 1.15 bits per heavy atom. The number of carbonyl (C=O) groups is 2. The number of hydrogen-bond acceptors (Lipinski definition) is 2. The molecule has 5 rings (SSSR count). The minimum atomic E-state index is -0.352. The van der Waals surface area contributed by atoms with E-state index in [1.165, 1.54) is 0 Å². The quantitative estimate of drug-likeness (QED) is 0.128. The van der Waals surface area contributed by atoms with Crippen LogP contribution in [0.1, 0.15) is 64.1 Å². The number of hydrogen-bond donors (Lipinski definition) is 5. The van der Waals surface area contributed by atoms with Crippen molar-refractivity contribution in [3.63, 3.8) is 0 Å². The number of nitrogens with one attached hydrogen (secondary N) is 5. The normalized spacial score (nSPS) is 8.89. The summed E-state index contributed by atoms with van der Waals surface area (Å²) in [6, 6.07) is 36.1. The maximum absolute atomic E-state index is 12.4. The Morgan fingerprint density at radius 1 is 0.426 bits per heavy atom. The summed E-state index contributed by atoms with van der Waals surface area (Å²) in [5.74, 6) is 12.4. The number of H-pyrrole nitrogens is 1. The number of urea groups is 2. The van der Waals surface area contributed by atoms with Gasteiger partial charge in [0.1, 0.15) is 0 Å². The summed E-state index contributed by atoms with van der Waals surface area (Å²) >= 11 is 0. The van der Waals surface area contributed by atoms with Crippen molar-refractivity contribution in [3.8, 4) is 23.7 Å². The number of anilines is 4. The summed E-state index contributed by atoms with van der Waals surface area (Å²) in [5, 5.41) is 11.3. The van der Waals surface area contributed by atoms with Gasteiger partial charge >= 0.3 is 12.1 Å². The maximum atomic E-state index is 12.4. The first-order valence-corrected chi connectivity index (χ1v) is 15.8. The molecule has 0 spiro atoms. The van der Waals surface area contributed by atoms with Gasteiger partial charge in [0, 0.05) is 22.5 Å². The zero-order valence-corrected chi connectivity index (χ0v) is 27.9. The third kappa shape index (κ3) is 12.8. The average molecular weight is 626 g/mol. The van der Waals surface area contributed by atoms with Gasteiger partial charge in [0.25, 0.3) is 0 Å². The molecule has 1 aromatic heterocycles. The Morgan fingerprint density at radius 2 is 0.766 bits per heavy atom. The molecule has 0 aliphatic rings. The van der Waals surface area contributed by atoms with Crippen LogP contribution in [0.3, 0.4) is 0 Å². The monoisotopic (exact) mass is 625 g/mol. The molecule has 4 aromatic carbocycles. The molecule has 1 heterocycles. The van der Waals surface area contributed by atoms with E-state index < -0.39 is 0 Å². The summed E-state index contributed by atoms with van der Waals surface area (Å²) < 4.78 is 0. The van der Waals surface area contributed by atoms with Gasteiger partial charge in [-0.3, -0.25) is 0 Å². The standard InChI is InChI=1S/C34H25N5O2.3C2H6/c40-33(36-27-13-3-1-4-14-27)38-31-17-9-7-11-25(31)19-21-29-23-24-30(35-29)22-20-26-12-8-10-18-32(26)39-34(41)37-28-15-5-2-6-16-28;3*1-2/h1-18,23-24,35H,(H2,36,38,40)(H2,37,39,41);3*1-2H3. The molecule has 47 heavy (non-hydrogen) atoms. The molecule has 0 atom stereocenters. The number of rotatable bonds is 4. The van der Waals surface area contributed by atoms with Crippen molar-refractivity contribution in [1.82, 2.24) is 4.98 Å². The van der Waals surface area contributed by atoms with E-state index in [1.807, 2.05) is 151 Å². The van der Waals surface area contributed by atoms with Crippen molar-refractivity contribution in [3.05, 3.63) is 144 Å². The highest BCUT2D eigenvalue weighted by Gasteiger charge is 2.07. The maximum Gasteiger partial charge on any atom is 0.323 e. The number of aromatic nitrogens is 1. The fourth-order valence-corrected chi connectivity index (χ4v) is 3.82. The highest BCUT2D eigenvalue weighted by molar-refractivity contribution is 6.01. The van der Waals surface area contributed by atoms with E-state index in [2.05, 4.69) is 49.9 Å². The molecular weight excluding hydrogens is 582 g/mol. The van der Waals surface area contributed by atoms with Crippen LogP contribution in [0.25, 0.3) is 0 Å². The highest BCUT2D eigenvalue weighted by atomic mass is 16.2. The lowest BCUT2D eigenvalue weighted by Crippen LogP contribution is -2.19. The number of amides is 4. The van der Waals surface area contributed by atoms with E-state index in [1.54, 1.807) is 12.1 Å². The first-order chi connectivity index (χ1) is 23.1. The van der Waals surface area contributed by atoms with Gasteiger partial charge in [0.15, 0.2) is 0 Å². The summed E-state index contributed by atoms with van der Waals surface area (Å²) in [6.45, 7) is 12.0. The molecule has 7 heteroatoms. The number of para-hydroxylation sites is 4. The molecule has 0 fully saturated rings. The minimum absolute atomic E-state index is 0.352. The van der Waals surface area contributed by atoms with Crippen LogP contribution >= 0.6 is 0 Å². The molecule has 0 radical (unpaired) electrons. The van der Waals surface area contributed by atoms with E-state index in [4.69, 9.17) is 0 Å². The Kier molecular flexibility index (Phi) is 16.9. The summed E-state index contributed by atoms with van der Waals surface area (Å²) in [5.41, 5.74) is 5.28. The molecule has 240 valence electrons. The lowest BCUT2D eigenvalue weighted by molar-refractivity contribution is 0.261. The molecule has 5 aromatic rings. The summed E-state index contributed by atoms with van der Waals surface area (Å²) in [7, 11) is 0.